The molecule has 2 nitrogen and oxygen atoms in total. The molecule has 1 N–H and O–H groups in total. The van der Waals surface area contributed by atoms with Crippen molar-refractivity contribution in [2.24, 2.45) is 5.92 Å². The highest BCUT2D eigenvalue weighted by atomic mass is 15.2. The normalized spacial score (nSPS) is 28.4. The van der Waals surface area contributed by atoms with Crippen LogP contribution in [0.3, 0.4) is 0 Å². The van der Waals surface area contributed by atoms with Gasteiger partial charge in [-0.15, -0.1) is 0 Å². The van der Waals surface area contributed by atoms with Crippen LogP contribution in [0.5, 0.6) is 0 Å². The summed E-state index contributed by atoms with van der Waals surface area (Å²) in [7, 11) is 0. The van der Waals surface area contributed by atoms with Crippen LogP contribution in [0, 0.1) is 11.3 Å². The number of rotatable bonds is 1. The molecule has 0 amide bonds. The maximum atomic E-state index is 8.21. The van der Waals surface area contributed by atoms with E-state index >= 15 is 0 Å². The minimum Gasteiger partial charge on any atom is -0.353 e. The van der Waals surface area contributed by atoms with E-state index in [0.29, 0.717) is 6.04 Å². The fraction of sp³-hybridized carbons (Fsp3) is 0.462. The summed E-state index contributed by atoms with van der Waals surface area (Å²) in [5.74, 6) is 1.59. The number of hydrogen-bond donors (Lipinski definition) is 1. The van der Waals surface area contributed by atoms with Crippen LogP contribution < -0.4 is 0 Å². The molecule has 0 spiro atoms. The lowest BCUT2D eigenvalue weighted by Crippen LogP contribution is -2.37. The van der Waals surface area contributed by atoms with E-state index in [0.717, 1.165) is 23.9 Å². The summed E-state index contributed by atoms with van der Waals surface area (Å²) < 4.78 is 0. The van der Waals surface area contributed by atoms with Crippen molar-refractivity contribution in [3.8, 4) is 0 Å². The van der Waals surface area contributed by atoms with Gasteiger partial charge >= 0.3 is 0 Å². The Morgan fingerprint density at radius 2 is 2.00 bits per heavy atom. The monoisotopic (exact) mass is 200 g/mol. The van der Waals surface area contributed by atoms with Gasteiger partial charge in [0.25, 0.3) is 0 Å². The Kier molecular flexibility index (Phi) is 2.01. The second-order valence-corrected chi connectivity index (χ2v) is 4.70. The van der Waals surface area contributed by atoms with E-state index in [1.54, 1.807) is 0 Å². The molecular weight excluding hydrogens is 184 g/mol. The predicted octanol–water partition coefficient (Wildman–Crippen LogP) is 2.50. The number of amidine groups is 1. The van der Waals surface area contributed by atoms with Crippen molar-refractivity contribution < 1.29 is 0 Å². The van der Waals surface area contributed by atoms with Crippen molar-refractivity contribution in [3.63, 3.8) is 0 Å². The van der Waals surface area contributed by atoms with Gasteiger partial charge in [0, 0.05) is 18.2 Å². The van der Waals surface area contributed by atoms with Crippen LogP contribution in [-0.4, -0.2) is 23.3 Å². The summed E-state index contributed by atoms with van der Waals surface area (Å²) in [5, 5.41) is 8.21. The van der Waals surface area contributed by atoms with Crippen LogP contribution in [0.15, 0.2) is 30.3 Å². The topological polar surface area (TPSA) is 27.1 Å². The molecule has 0 radical (unpaired) electrons. The summed E-state index contributed by atoms with van der Waals surface area (Å²) in [6, 6.07) is 10.8. The number of likely N-dealkylation sites (tertiary alicyclic amines) is 1. The van der Waals surface area contributed by atoms with E-state index in [-0.39, 0.29) is 0 Å². The lowest BCUT2D eigenvalue weighted by atomic mass is 10.1. The molecule has 15 heavy (non-hydrogen) atoms. The first-order chi connectivity index (χ1) is 7.34. The Hall–Kier alpha value is -1.31. The van der Waals surface area contributed by atoms with Crippen LogP contribution in [0.1, 0.15) is 24.8 Å². The summed E-state index contributed by atoms with van der Waals surface area (Å²) in [6.45, 7) is 1.11. The number of fused-ring (bicyclic) bond motifs is 2. The van der Waals surface area contributed by atoms with Gasteiger partial charge in [-0.3, -0.25) is 5.41 Å². The van der Waals surface area contributed by atoms with Gasteiger partial charge in [-0.2, -0.15) is 0 Å². The standard InChI is InChI=1S/C13H16N2/c14-13(11-4-2-1-3-5-11)15-9-10-6-7-12(15)8-10/h1-5,10,12,14H,6-9H2. The Bertz CT molecular complexity index is 371. The highest BCUT2D eigenvalue weighted by molar-refractivity contribution is 5.96. The molecule has 1 saturated heterocycles. The van der Waals surface area contributed by atoms with Gasteiger partial charge in [0.1, 0.15) is 5.84 Å². The average Bonchev–Trinajstić information content (AvgIpc) is 2.91. The SMILES string of the molecule is N=C(c1ccccc1)N1CC2CCC1C2. The zero-order valence-electron chi connectivity index (χ0n) is 8.82. The van der Waals surface area contributed by atoms with Crippen molar-refractivity contribution in [2.45, 2.75) is 25.3 Å². The number of benzene rings is 1. The van der Waals surface area contributed by atoms with E-state index in [1.807, 2.05) is 30.3 Å². The maximum Gasteiger partial charge on any atom is 0.128 e. The maximum absolute atomic E-state index is 8.21. The first-order valence-corrected chi connectivity index (χ1v) is 5.75. The van der Waals surface area contributed by atoms with Crippen molar-refractivity contribution in [1.82, 2.24) is 4.90 Å². The second kappa shape index (κ2) is 3.37. The molecule has 2 fully saturated rings. The Morgan fingerprint density at radius 3 is 2.60 bits per heavy atom. The van der Waals surface area contributed by atoms with Crippen LogP contribution in [0.2, 0.25) is 0 Å². The summed E-state index contributed by atoms with van der Waals surface area (Å²) in [5.41, 5.74) is 1.06. The van der Waals surface area contributed by atoms with Gasteiger partial charge in [0.05, 0.1) is 0 Å². The lowest BCUT2D eigenvalue weighted by molar-refractivity contribution is 0.326. The van der Waals surface area contributed by atoms with E-state index in [1.165, 1.54) is 19.3 Å². The Balaban J connectivity index is 1.81. The molecule has 2 unspecified atom stereocenters. The van der Waals surface area contributed by atoms with E-state index in [2.05, 4.69) is 4.90 Å². The molecule has 1 aromatic carbocycles. The van der Waals surface area contributed by atoms with Crippen LogP contribution in [-0.2, 0) is 0 Å². The fourth-order valence-corrected chi connectivity index (χ4v) is 2.96. The van der Waals surface area contributed by atoms with E-state index < -0.39 is 0 Å². The van der Waals surface area contributed by atoms with Crippen molar-refractivity contribution in [1.29, 1.82) is 5.41 Å². The van der Waals surface area contributed by atoms with Crippen molar-refractivity contribution in [3.05, 3.63) is 35.9 Å². The molecule has 1 heterocycles. The molecule has 1 aliphatic heterocycles. The van der Waals surface area contributed by atoms with Gasteiger partial charge in [-0.05, 0) is 25.2 Å². The highest BCUT2D eigenvalue weighted by Gasteiger charge is 2.38. The zero-order valence-corrected chi connectivity index (χ0v) is 8.82. The molecule has 0 aromatic heterocycles. The summed E-state index contributed by atoms with van der Waals surface area (Å²) >= 11 is 0. The Labute approximate surface area is 90.4 Å². The van der Waals surface area contributed by atoms with Crippen LogP contribution in [0.4, 0.5) is 0 Å². The highest BCUT2D eigenvalue weighted by Crippen LogP contribution is 2.37. The van der Waals surface area contributed by atoms with E-state index in [9.17, 15) is 0 Å². The average molecular weight is 200 g/mol. The molecule has 2 heteroatoms. The first-order valence-electron chi connectivity index (χ1n) is 5.75. The number of nitrogens with one attached hydrogen (secondary N) is 1. The van der Waals surface area contributed by atoms with E-state index in [4.69, 9.17) is 5.41 Å². The predicted molar refractivity (Wildman–Crippen MR) is 61.1 cm³/mol. The van der Waals surface area contributed by atoms with Gasteiger partial charge in [0.15, 0.2) is 0 Å². The van der Waals surface area contributed by atoms with Crippen LogP contribution in [0.25, 0.3) is 0 Å². The minimum absolute atomic E-state index is 0.655. The number of piperidine rings is 1. The quantitative estimate of drug-likeness (QED) is 0.547. The molecule has 1 aromatic rings. The zero-order chi connectivity index (χ0) is 10.3. The lowest BCUT2D eigenvalue weighted by Gasteiger charge is -2.29. The van der Waals surface area contributed by atoms with Gasteiger partial charge in [-0.25, -0.2) is 0 Å². The molecular formula is C13H16N2. The molecule has 1 aliphatic carbocycles. The minimum atomic E-state index is 0.655. The largest absolute Gasteiger partial charge is 0.353 e. The fourth-order valence-electron chi connectivity index (χ4n) is 2.96. The number of hydrogen-bond acceptors (Lipinski definition) is 1. The number of nitrogens with zero attached hydrogens (tertiary/aromatic N) is 1. The molecule has 1 saturated carbocycles. The third-order valence-corrected chi connectivity index (χ3v) is 3.74. The third-order valence-electron chi connectivity index (χ3n) is 3.74. The Morgan fingerprint density at radius 1 is 1.20 bits per heavy atom. The molecule has 2 atom stereocenters. The molecule has 78 valence electrons. The van der Waals surface area contributed by atoms with Gasteiger partial charge in [0.2, 0.25) is 0 Å². The molecule has 2 bridgehead atoms. The summed E-state index contributed by atoms with van der Waals surface area (Å²) in [4.78, 5) is 2.30. The third kappa shape index (κ3) is 1.44. The van der Waals surface area contributed by atoms with Gasteiger partial charge in [-0.1, -0.05) is 30.3 Å². The summed E-state index contributed by atoms with van der Waals surface area (Å²) in [6.07, 6.45) is 3.98. The first kappa shape index (κ1) is 8.96. The van der Waals surface area contributed by atoms with Crippen LogP contribution >= 0.6 is 0 Å². The molecule has 3 rings (SSSR count). The van der Waals surface area contributed by atoms with Crippen molar-refractivity contribution in [2.75, 3.05) is 6.54 Å². The molecule has 2 aliphatic rings. The van der Waals surface area contributed by atoms with Crippen molar-refractivity contribution >= 4 is 5.84 Å². The second-order valence-electron chi connectivity index (χ2n) is 4.70. The van der Waals surface area contributed by atoms with Gasteiger partial charge < -0.3 is 4.90 Å². The smallest absolute Gasteiger partial charge is 0.128 e.